The lowest BCUT2D eigenvalue weighted by molar-refractivity contribution is 0.402. The standard InChI is InChI=1S/C16H19NO3/c1-11(13-4-3-5-14(9-13)20-2)17-10-12-6-7-15(18)16(19)8-12/h3-9,11,17-19H,10H2,1-2H3/t11-/m1/s1. The fraction of sp³-hybridized carbons (Fsp3) is 0.250. The van der Waals surface area contributed by atoms with Crippen LogP contribution in [0, 0.1) is 0 Å². The molecule has 0 heterocycles. The van der Waals surface area contributed by atoms with Crippen molar-refractivity contribution in [1.82, 2.24) is 5.32 Å². The van der Waals surface area contributed by atoms with Crippen LogP contribution in [0.4, 0.5) is 0 Å². The van der Waals surface area contributed by atoms with Crippen molar-refractivity contribution in [2.24, 2.45) is 0 Å². The maximum Gasteiger partial charge on any atom is 0.157 e. The monoisotopic (exact) mass is 273 g/mol. The molecule has 0 radical (unpaired) electrons. The zero-order valence-electron chi connectivity index (χ0n) is 11.6. The summed E-state index contributed by atoms with van der Waals surface area (Å²) in [6.45, 7) is 2.67. The maximum absolute atomic E-state index is 9.46. The van der Waals surface area contributed by atoms with Crippen LogP contribution in [-0.4, -0.2) is 17.3 Å². The molecule has 0 aromatic heterocycles. The second kappa shape index (κ2) is 6.30. The van der Waals surface area contributed by atoms with Gasteiger partial charge in [0, 0.05) is 12.6 Å². The molecule has 0 saturated heterocycles. The highest BCUT2D eigenvalue weighted by atomic mass is 16.5. The Morgan fingerprint density at radius 1 is 1.10 bits per heavy atom. The zero-order chi connectivity index (χ0) is 14.5. The number of aromatic hydroxyl groups is 2. The first-order valence-corrected chi connectivity index (χ1v) is 6.48. The average Bonchev–Trinajstić information content (AvgIpc) is 2.48. The van der Waals surface area contributed by atoms with Gasteiger partial charge in [0.05, 0.1) is 7.11 Å². The van der Waals surface area contributed by atoms with E-state index >= 15 is 0 Å². The molecule has 0 unspecified atom stereocenters. The van der Waals surface area contributed by atoms with Gasteiger partial charge in [-0.25, -0.2) is 0 Å². The Hall–Kier alpha value is -2.20. The molecular formula is C16H19NO3. The molecule has 0 amide bonds. The largest absolute Gasteiger partial charge is 0.504 e. The number of phenols is 2. The third-order valence-corrected chi connectivity index (χ3v) is 3.25. The van der Waals surface area contributed by atoms with E-state index in [0.29, 0.717) is 6.54 Å². The number of hydrogen-bond donors (Lipinski definition) is 3. The topological polar surface area (TPSA) is 61.7 Å². The van der Waals surface area contributed by atoms with Crippen molar-refractivity contribution in [2.45, 2.75) is 19.5 Å². The van der Waals surface area contributed by atoms with Crippen molar-refractivity contribution in [3.63, 3.8) is 0 Å². The number of rotatable bonds is 5. The lowest BCUT2D eigenvalue weighted by Gasteiger charge is -2.15. The predicted molar refractivity (Wildman–Crippen MR) is 78.0 cm³/mol. The SMILES string of the molecule is COc1cccc([C@@H](C)NCc2ccc(O)c(O)c2)c1. The first kappa shape index (κ1) is 14.2. The van der Waals surface area contributed by atoms with Gasteiger partial charge < -0.3 is 20.3 Å². The van der Waals surface area contributed by atoms with E-state index in [-0.39, 0.29) is 17.5 Å². The molecule has 0 bridgehead atoms. The van der Waals surface area contributed by atoms with Gasteiger partial charge in [-0.05, 0) is 42.3 Å². The van der Waals surface area contributed by atoms with Crippen LogP contribution in [0.5, 0.6) is 17.2 Å². The molecule has 4 nitrogen and oxygen atoms in total. The molecule has 0 fully saturated rings. The van der Waals surface area contributed by atoms with Crippen LogP contribution >= 0.6 is 0 Å². The summed E-state index contributed by atoms with van der Waals surface area (Å²) < 4.78 is 5.21. The highest BCUT2D eigenvalue weighted by molar-refractivity contribution is 5.40. The minimum Gasteiger partial charge on any atom is -0.504 e. The summed E-state index contributed by atoms with van der Waals surface area (Å²) in [5.74, 6) is 0.631. The van der Waals surface area contributed by atoms with E-state index in [1.165, 1.54) is 6.07 Å². The van der Waals surface area contributed by atoms with E-state index in [2.05, 4.69) is 12.2 Å². The average molecular weight is 273 g/mol. The van der Waals surface area contributed by atoms with Crippen molar-refractivity contribution in [3.05, 3.63) is 53.6 Å². The second-order valence-electron chi connectivity index (χ2n) is 4.70. The number of nitrogens with one attached hydrogen (secondary N) is 1. The highest BCUT2D eigenvalue weighted by Gasteiger charge is 2.07. The third-order valence-electron chi connectivity index (χ3n) is 3.25. The quantitative estimate of drug-likeness (QED) is 0.733. The fourth-order valence-electron chi connectivity index (χ4n) is 1.98. The minimum atomic E-state index is -0.102. The molecule has 0 saturated carbocycles. The van der Waals surface area contributed by atoms with Crippen LogP contribution in [0.15, 0.2) is 42.5 Å². The predicted octanol–water partition coefficient (Wildman–Crippen LogP) is 2.96. The molecule has 0 aliphatic heterocycles. The van der Waals surface area contributed by atoms with E-state index in [1.807, 2.05) is 24.3 Å². The van der Waals surface area contributed by atoms with E-state index in [0.717, 1.165) is 16.9 Å². The minimum absolute atomic E-state index is 0.0988. The summed E-state index contributed by atoms with van der Waals surface area (Å²) in [4.78, 5) is 0. The maximum atomic E-state index is 9.46. The number of phenolic OH excluding ortho intramolecular Hbond substituents is 2. The van der Waals surface area contributed by atoms with Crippen molar-refractivity contribution < 1.29 is 14.9 Å². The van der Waals surface area contributed by atoms with Gasteiger partial charge in [0.15, 0.2) is 11.5 Å². The van der Waals surface area contributed by atoms with Crippen molar-refractivity contribution >= 4 is 0 Å². The van der Waals surface area contributed by atoms with Gasteiger partial charge in [-0.2, -0.15) is 0 Å². The first-order valence-electron chi connectivity index (χ1n) is 6.48. The number of hydrogen-bond acceptors (Lipinski definition) is 4. The van der Waals surface area contributed by atoms with Crippen LogP contribution in [0.2, 0.25) is 0 Å². The Bertz CT molecular complexity index is 584. The molecule has 2 aromatic rings. The lowest BCUT2D eigenvalue weighted by Crippen LogP contribution is -2.18. The van der Waals surface area contributed by atoms with Crippen LogP contribution in [0.1, 0.15) is 24.1 Å². The summed E-state index contributed by atoms with van der Waals surface area (Å²) in [6.07, 6.45) is 0. The van der Waals surface area contributed by atoms with Crippen molar-refractivity contribution in [3.8, 4) is 17.2 Å². The van der Waals surface area contributed by atoms with Gasteiger partial charge in [-0.15, -0.1) is 0 Å². The second-order valence-corrected chi connectivity index (χ2v) is 4.70. The van der Waals surface area contributed by atoms with E-state index < -0.39 is 0 Å². The van der Waals surface area contributed by atoms with Crippen LogP contribution < -0.4 is 10.1 Å². The molecule has 2 rings (SSSR count). The molecule has 0 aliphatic carbocycles. The van der Waals surface area contributed by atoms with Crippen LogP contribution in [0.3, 0.4) is 0 Å². The third kappa shape index (κ3) is 3.42. The van der Waals surface area contributed by atoms with Gasteiger partial charge in [0.25, 0.3) is 0 Å². The molecular weight excluding hydrogens is 254 g/mol. The first-order chi connectivity index (χ1) is 9.60. The summed E-state index contributed by atoms with van der Waals surface area (Å²) in [6, 6.07) is 12.9. The fourth-order valence-corrected chi connectivity index (χ4v) is 1.98. The molecule has 0 aliphatic rings. The Morgan fingerprint density at radius 2 is 1.90 bits per heavy atom. The summed E-state index contributed by atoms with van der Waals surface area (Å²) in [5.41, 5.74) is 2.04. The smallest absolute Gasteiger partial charge is 0.157 e. The number of ether oxygens (including phenoxy) is 1. The molecule has 106 valence electrons. The van der Waals surface area contributed by atoms with Gasteiger partial charge in [0.1, 0.15) is 5.75 Å². The Labute approximate surface area is 118 Å². The molecule has 1 atom stereocenters. The van der Waals surface area contributed by atoms with Gasteiger partial charge >= 0.3 is 0 Å². The Kier molecular flexibility index (Phi) is 4.48. The van der Waals surface area contributed by atoms with E-state index in [1.54, 1.807) is 19.2 Å². The molecule has 4 heteroatoms. The van der Waals surface area contributed by atoms with Gasteiger partial charge in [-0.1, -0.05) is 18.2 Å². The summed E-state index contributed by atoms with van der Waals surface area (Å²) >= 11 is 0. The molecule has 3 N–H and O–H groups in total. The van der Waals surface area contributed by atoms with E-state index in [9.17, 15) is 10.2 Å². The van der Waals surface area contributed by atoms with E-state index in [4.69, 9.17) is 4.74 Å². The number of benzene rings is 2. The van der Waals surface area contributed by atoms with Gasteiger partial charge in [-0.3, -0.25) is 0 Å². The van der Waals surface area contributed by atoms with Crippen molar-refractivity contribution in [1.29, 1.82) is 0 Å². The van der Waals surface area contributed by atoms with Crippen LogP contribution in [-0.2, 0) is 6.54 Å². The van der Waals surface area contributed by atoms with Crippen LogP contribution in [0.25, 0.3) is 0 Å². The summed E-state index contributed by atoms with van der Waals surface area (Å²) in [5, 5.41) is 22.1. The van der Waals surface area contributed by atoms with Gasteiger partial charge in [0.2, 0.25) is 0 Å². The molecule has 0 spiro atoms. The summed E-state index contributed by atoms with van der Waals surface area (Å²) in [7, 11) is 1.65. The zero-order valence-corrected chi connectivity index (χ0v) is 11.6. The Balaban J connectivity index is 2.00. The lowest BCUT2D eigenvalue weighted by atomic mass is 10.1. The normalized spacial score (nSPS) is 12.1. The number of methoxy groups -OCH3 is 1. The molecule has 2 aromatic carbocycles. The Morgan fingerprint density at radius 3 is 2.60 bits per heavy atom. The highest BCUT2D eigenvalue weighted by Crippen LogP contribution is 2.25. The van der Waals surface area contributed by atoms with Crippen molar-refractivity contribution in [2.75, 3.05) is 7.11 Å². The molecule has 20 heavy (non-hydrogen) atoms.